The molecule has 0 aliphatic rings. The van der Waals surface area contributed by atoms with Crippen LogP contribution in [0, 0.1) is 31.5 Å². The summed E-state index contributed by atoms with van der Waals surface area (Å²) in [5, 5.41) is 16.8. The molecule has 4 aromatic heterocycles. The van der Waals surface area contributed by atoms with Crippen LogP contribution in [-0.4, -0.2) is 73.3 Å². The molecule has 0 atom stereocenters. The number of carbonyl (C=O) groups is 2. The van der Waals surface area contributed by atoms with Crippen LogP contribution in [0.15, 0.2) is 425 Å². The third kappa shape index (κ3) is 38.6. The summed E-state index contributed by atoms with van der Waals surface area (Å²) in [5.74, 6) is 2.56. The fourth-order valence-corrected chi connectivity index (χ4v) is 35.7. The first-order chi connectivity index (χ1) is 64.5. The van der Waals surface area contributed by atoms with E-state index in [0.29, 0.717) is 22.9 Å². The average Bonchev–Trinajstić information content (AvgIpc) is 1.73. The average molecular weight is 2640 g/mol. The summed E-state index contributed by atoms with van der Waals surface area (Å²) in [4.78, 5) is 46.8. The van der Waals surface area contributed by atoms with Gasteiger partial charge in [-0.05, 0) is 148 Å². The summed E-state index contributed by atoms with van der Waals surface area (Å²) in [6.07, 6.45) is 28.9. The van der Waals surface area contributed by atoms with E-state index in [9.17, 15) is 9.59 Å². The maximum absolute atomic E-state index is 12.3. The van der Waals surface area contributed by atoms with E-state index in [1.165, 1.54) is 127 Å². The standard InChI is InChI=1S/4C18H15P.C13H12N4O.C11H11IN4O.3C4H9.C2H.CHI3.CH2I.Pd.Sn.V/c4*1-4-10-16(11-5-1)19(17-12-6-2-7-13-17)18-14-8-3-9-15-18;1-4-12-15-9-11(17(12)3)13(18)16(2)10-6-5-7-14-8-10;1-15(8-4-3-5-13-6-8)10(17)9-7-14-11(12)16(9)2;3*1-3-4-2;1-2;2-1(3)4;1-2;;;/h4*1-15H;1,5-9H,2-3H3;3-7H,1-2H3;3*1,3-4H2,2H3;1H;1H;1H2;;;/q;;;;;;;;;;;-1;;;. The van der Waals surface area contributed by atoms with E-state index in [0.717, 1.165) is 9.46 Å². The number of pyridine rings is 2. The van der Waals surface area contributed by atoms with Gasteiger partial charge in [0.15, 0.2) is 9.66 Å². The molecule has 16 aromatic rings. The van der Waals surface area contributed by atoms with Crippen molar-refractivity contribution in [1.29, 1.82) is 0 Å². The number of benzene rings is 12. The Hall–Kier alpha value is -7.16. The van der Waals surface area contributed by atoms with Crippen molar-refractivity contribution in [2.45, 2.75) is 72.5 Å². The number of halogens is 5. The van der Waals surface area contributed by atoms with Crippen molar-refractivity contribution in [2.75, 3.05) is 23.9 Å². The van der Waals surface area contributed by atoms with Crippen molar-refractivity contribution in [1.82, 2.24) is 29.1 Å². The van der Waals surface area contributed by atoms with Crippen molar-refractivity contribution >= 4 is 250 Å². The number of terminal acetylenes is 2. The van der Waals surface area contributed by atoms with Gasteiger partial charge in [0.25, 0.3) is 11.8 Å². The van der Waals surface area contributed by atoms with Crippen LogP contribution >= 0.6 is 145 Å². The molecule has 0 aliphatic heterocycles. The number of carbonyl (C=O) groups excluding carboxylic acids is 2. The van der Waals surface area contributed by atoms with Gasteiger partial charge in [-0.2, -0.15) is 0 Å². The number of aromatic nitrogens is 6. The Morgan fingerprint density at radius 3 is 0.716 bits per heavy atom. The van der Waals surface area contributed by atoms with E-state index in [1.807, 2.05) is 41.8 Å². The SMILES string of the molecule is C#Cc1ncc(C(=O)N(C)c2cccnc2)n1C.C#[C][Sn]([CH2]CCC)([CH2]CCC)[CH2]CCC.CN(C(=O)c1cnc(I)n1C)c1cccnc1.IC(I)I.[CH2-]I.[Pd].[V].c1ccc(P(c2ccccc2)c2ccccc2)cc1.c1ccc(P(c2ccccc2)c2ccccc2)cc1.c1ccc(P(c2ccccc2)c2ccccc2)cc1.c1ccc(P(c2ccccc2)c2ccccc2)cc1. The number of imidazole rings is 2. The van der Waals surface area contributed by atoms with Crippen LogP contribution in [0.4, 0.5) is 11.4 Å². The number of anilines is 2. The Kier molecular flexibility index (Phi) is 57.9. The Labute approximate surface area is 900 Å². The molecule has 22 heteroatoms. The van der Waals surface area contributed by atoms with Gasteiger partial charge < -0.3 is 41.5 Å². The molecular formula is C112H114I5N8O2P4PdSnV-. The summed E-state index contributed by atoms with van der Waals surface area (Å²) in [7, 11) is 5.15. The Morgan fingerprint density at radius 2 is 0.560 bits per heavy atom. The number of rotatable bonds is 25. The topological polar surface area (TPSA) is 102 Å². The normalized spacial score (nSPS) is 10.2. The summed E-state index contributed by atoms with van der Waals surface area (Å²) >= 11 is 8.85. The number of hydrogen-bond donors (Lipinski definition) is 0. The summed E-state index contributed by atoms with van der Waals surface area (Å²) < 4.78 is 12.5. The van der Waals surface area contributed by atoms with Gasteiger partial charge in [0.05, 0.1) is 36.2 Å². The van der Waals surface area contributed by atoms with E-state index in [2.05, 4.69) is 510 Å². The fraction of sp³-hybridized carbons (Fsp3) is 0.152. The van der Waals surface area contributed by atoms with Gasteiger partial charge in [-0.15, -0.1) is 6.42 Å². The van der Waals surface area contributed by atoms with Crippen molar-refractivity contribution in [3.8, 4) is 22.7 Å². The quantitative estimate of drug-likeness (QED) is 0.0141. The Morgan fingerprint density at radius 1 is 0.358 bits per heavy atom. The third-order valence-corrected chi connectivity index (χ3v) is 44.4. The zero-order chi connectivity index (χ0) is 94.3. The number of hydrogen-bond acceptors (Lipinski definition) is 6. The van der Waals surface area contributed by atoms with Gasteiger partial charge in [0.2, 0.25) is 0 Å². The van der Waals surface area contributed by atoms with Crippen LogP contribution in [0.1, 0.15) is 86.1 Å². The molecule has 0 aliphatic carbocycles. The van der Waals surface area contributed by atoms with Gasteiger partial charge in [0.1, 0.15) is 11.3 Å². The molecule has 0 spiro atoms. The minimum absolute atomic E-state index is 0. The van der Waals surface area contributed by atoms with Crippen LogP contribution in [0.5, 0.6) is 0 Å². The maximum Gasteiger partial charge on any atom is 0.276 e. The molecule has 0 saturated carbocycles. The predicted molar refractivity (Wildman–Crippen MR) is 621 cm³/mol. The van der Waals surface area contributed by atoms with Crippen molar-refractivity contribution in [2.24, 2.45) is 14.1 Å². The van der Waals surface area contributed by atoms with Crippen LogP contribution in [0.2, 0.25) is 13.3 Å². The van der Waals surface area contributed by atoms with E-state index < -0.39 is 50.1 Å². The molecule has 0 N–H and O–H groups in total. The number of alkyl halides is 3. The minimum atomic E-state index is -2.09. The molecule has 0 saturated heterocycles. The zero-order valence-corrected chi connectivity index (χ0v) is 96.7. The van der Waals surface area contributed by atoms with E-state index in [1.54, 1.807) is 78.3 Å². The molecular weight excluding hydrogens is 2520 g/mol. The molecule has 16 rings (SSSR count). The molecule has 134 heavy (non-hydrogen) atoms. The van der Waals surface area contributed by atoms with E-state index >= 15 is 0 Å². The number of unbranched alkanes of at least 4 members (excludes halogenated alkanes) is 3. The smallest absolute Gasteiger partial charge is 0.276 e. The first-order valence-electron chi connectivity index (χ1n) is 43.5. The summed E-state index contributed by atoms with van der Waals surface area (Å²) in [6, 6.07) is 137. The first kappa shape index (κ1) is 116. The second kappa shape index (κ2) is 67.2. The molecule has 689 valence electrons. The minimum Gasteiger partial charge on any atom is -0.319 e. The van der Waals surface area contributed by atoms with Crippen molar-refractivity contribution < 1.29 is 48.6 Å². The first-order valence-corrected chi connectivity index (χ1v) is 62.7. The molecule has 0 bridgehead atoms. The summed E-state index contributed by atoms with van der Waals surface area (Å²) in [6.45, 7) is 6.85. The van der Waals surface area contributed by atoms with Gasteiger partial charge in [-0.1, -0.05) is 432 Å². The Balaban J connectivity index is 0.000000238. The fourth-order valence-electron chi connectivity index (χ4n) is 13.9. The molecule has 2 amide bonds. The van der Waals surface area contributed by atoms with Gasteiger partial charge >= 0.3 is 101 Å². The molecule has 10 nitrogen and oxygen atoms in total. The number of nitrogens with zero attached hydrogens (tertiary/aromatic N) is 8. The van der Waals surface area contributed by atoms with Crippen molar-refractivity contribution in [3.05, 3.63) is 451 Å². The van der Waals surface area contributed by atoms with Crippen LogP contribution in [0.25, 0.3) is 0 Å². The second-order valence-corrected chi connectivity index (χ2v) is 62.8. The van der Waals surface area contributed by atoms with Gasteiger partial charge in [-0.3, -0.25) is 24.5 Å². The largest absolute Gasteiger partial charge is 0.319 e. The van der Waals surface area contributed by atoms with Gasteiger partial charge in [-0.25, -0.2) is 9.97 Å². The van der Waals surface area contributed by atoms with Gasteiger partial charge in [0, 0.05) is 79.6 Å². The van der Waals surface area contributed by atoms with E-state index in [4.69, 9.17) is 12.8 Å². The monoisotopic (exact) mass is 2640 g/mol. The van der Waals surface area contributed by atoms with Crippen molar-refractivity contribution in [3.63, 3.8) is 0 Å². The predicted octanol–water partition coefficient (Wildman–Crippen LogP) is 25.3. The molecule has 0 unspecified atom stereocenters. The molecule has 4 heterocycles. The molecule has 1 radical (unpaired) electrons. The maximum atomic E-state index is 12.3. The number of amides is 2. The Bertz CT molecular complexity index is 5050. The van der Waals surface area contributed by atoms with Crippen LogP contribution < -0.4 is 73.5 Å². The van der Waals surface area contributed by atoms with Crippen LogP contribution in [-0.2, 0) is 53.1 Å². The third-order valence-electron chi connectivity index (χ3n) is 20.7. The second-order valence-electron chi connectivity index (χ2n) is 29.6. The molecule has 0 fully saturated rings. The summed E-state index contributed by atoms with van der Waals surface area (Å²) in [5.41, 5.74) is 2.47. The zero-order valence-electron chi connectivity index (χ0n) is 76.6. The van der Waals surface area contributed by atoms with Crippen LogP contribution in [0.3, 0.4) is 0 Å². The molecule has 12 aromatic carbocycles. The van der Waals surface area contributed by atoms with E-state index in [-0.39, 0.29) is 50.8 Å².